The minimum atomic E-state index is -1.75. The highest BCUT2D eigenvalue weighted by Gasteiger charge is 2.36. The van der Waals surface area contributed by atoms with Crippen molar-refractivity contribution in [2.45, 2.75) is 108 Å². The average Bonchev–Trinajstić information content (AvgIpc) is 3.30. The fourth-order valence-corrected chi connectivity index (χ4v) is 8.83. The van der Waals surface area contributed by atoms with Gasteiger partial charge in [0.2, 0.25) is 65.0 Å². The molecule has 1 aliphatic rings. The fraction of sp³-hybridized carbons (Fsp3) is 0.581. The number of likely N-dealkylation sites (N-methyl/N-ethyl adjacent to an activating group) is 1. The lowest BCUT2D eigenvalue weighted by Gasteiger charge is -2.29. The first-order valence-electron chi connectivity index (χ1n) is 22.7. The summed E-state index contributed by atoms with van der Waals surface area (Å²) in [5.41, 5.74) is 27.4. The van der Waals surface area contributed by atoms with Crippen molar-refractivity contribution in [3.05, 3.63) is 29.8 Å². The lowest BCUT2D eigenvalue weighted by atomic mass is 9.96. The van der Waals surface area contributed by atoms with E-state index in [1.165, 1.54) is 7.05 Å². The summed E-state index contributed by atoms with van der Waals surface area (Å²) in [5, 5.41) is 17.7. The van der Waals surface area contributed by atoms with Crippen LogP contribution in [0.25, 0.3) is 0 Å². The maximum atomic E-state index is 14.1. The fourth-order valence-electron chi connectivity index (χ4n) is 6.68. The van der Waals surface area contributed by atoms with E-state index in [1.807, 2.05) is 6.92 Å². The molecule has 0 aromatic heterocycles. The molecule has 0 radical (unpaired) electrons. The van der Waals surface area contributed by atoms with Crippen molar-refractivity contribution in [1.82, 2.24) is 42.1 Å². The number of nitrogens with zero attached hydrogens (tertiary/aromatic N) is 2. The van der Waals surface area contributed by atoms with Gasteiger partial charge in [-0.1, -0.05) is 54.0 Å². The van der Waals surface area contributed by atoms with Crippen molar-refractivity contribution in [3.8, 4) is 5.75 Å². The number of carbonyl (C=O) groups excluding carboxylic acids is 11. The van der Waals surface area contributed by atoms with E-state index < -0.39 is 133 Å². The van der Waals surface area contributed by atoms with Crippen LogP contribution < -0.4 is 70.6 Å². The standard InChI is InChI=1S/C43H68N14O12S2/c1-5-23(3)36-41(67)53-27(13-14-31(44)58)38(64)54-29(19-32(45)59)39(65)55-30(42(68)57(4)21-35(62)51-26(8-7-16-49-43(47)48)37(63)50-20-33(46)60)22-71-70-17-15-34(61)52-28(40(66)56-36)18-24-9-11-25(12-10-24)69-6-2/h9-12,23,26-30,36H,5-8,13-22H2,1-4H3,(H2,44,58)(H2,45,59)(H2,46,60)(H,50,63)(H,51,62)(H,52,61)(H,53,67)(H,54,64)(H,55,65)(H,56,66)(H4,47,48,49)/t23-,26-,27-,28?,29-,30?,36?/m0/s1. The zero-order valence-corrected chi connectivity index (χ0v) is 41.9. The van der Waals surface area contributed by atoms with Gasteiger partial charge in [-0.3, -0.25) is 57.7 Å². The van der Waals surface area contributed by atoms with Gasteiger partial charge >= 0.3 is 0 Å². The molecule has 0 saturated carbocycles. The lowest BCUT2D eigenvalue weighted by molar-refractivity contribution is -0.139. The molecule has 17 N–H and O–H groups in total. The number of carbonyl (C=O) groups is 11. The quantitative estimate of drug-likeness (QED) is 0.0226. The summed E-state index contributed by atoms with van der Waals surface area (Å²) in [6.07, 6.45) is -1.16. The van der Waals surface area contributed by atoms with E-state index >= 15 is 0 Å². The van der Waals surface area contributed by atoms with E-state index in [-0.39, 0.29) is 56.1 Å². The number of benzene rings is 1. The number of nitrogens with two attached hydrogens (primary N) is 5. The molecule has 0 bridgehead atoms. The molecule has 28 heteroatoms. The van der Waals surface area contributed by atoms with Crippen molar-refractivity contribution in [1.29, 1.82) is 0 Å². The highest BCUT2D eigenvalue weighted by atomic mass is 33.1. The maximum absolute atomic E-state index is 14.1. The highest BCUT2D eigenvalue weighted by Crippen LogP contribution is 2.24. The largest absolute Gasteiger partial charge is 0.494 e. The molecule has 394 valence electrons. The molecule has 0 aliphatic carbocycles. The van der Waals surface area contributed by atoms with Gasteiger partial charge in [-0.15, -0.1) is 0 Å². The van der Waals surface area contributed by atoms with Crippen LogP contribution in [0, 0.1) is 5.92 Å². The summed E-state index contributed by atoms with van der Waals surface area (Å²) in [6.45, 7) is 4.59. The van der Waals surface area contributed by atoms with Crippen LogP contribution in [0.1, 0.15) is 71.3 Å². The summed E-state index contributed by atoms with van der Waals surface area (Å²) in [4.78, 5) is 150. The first-order chi connectivity index (χ1) is 33.5. The lowest BCUT2D eigenvalue weighted by Crippen LogP contribution is -2.61. The normalized spacial score (nSPS) is 20.4. The second-order valence-electron chi connectivity index (χ2n) is 16.4. The van der Waals surface area contributed by atoms with Gasteiger partial charge in [0.25, 0.3) is 0 Å². The molecule has 0 spiro atoms. The van der Waals surface area contributed by atoms with Gasteiger partial charge in [-0.25, -0.2) is 0 Å². The molecule has 1 aliphatic heterocycles. The van der Waals surface area contributed by atoms with Gasteiger partial charge in [0.1, 0.15) is 42.0 Å². The Bertz CT molecular complexity index is 2080. The second-order valence-corrected chi connectivity index (χ2v) is 19.1. The highest BCUT2D eigenvalue weighted by molar-refractivity contribution is 8.76. The number of rotatable bonds is 22. The van der Waals surface area contributed by atoms with Crippen LogP contribution in [-0.4, -0.2) is 157 Å². The van der Waals surface area contributed by atoms with Crippen molar-refractivity contribution in [2.75, 3.05) is 44.8 Å². The van der Waals surface area contributed by atoms with Gasteiger partial charge in [0, 0.05) is 44.4 Å². The van der Waals surface area contributed by atoms with Crippen LogP contribution in [0.3, 0.4) is 0 Å². The molecular formula is C43H68N14O12S2. The Balaban J connectivity index is 2.54. The van der Waals surface area contributed by atoms with Crippen molar-refractivity contribution in [2.24, 2.45) is 39.6 Å². The molecule has 1 aromatic carbocycles. The molecule has 1 aromatic rings. The number of primary amides is 3. The van der Waals surface area contributed by atoms with E-state index in [0.717, 1.165) is 26.5 Å². The van der Waals surface area contributed by atoms with E-state index in [1.54, 1.807) is 38.1 Å². The minimum Gasteiger partial charge on any atom is -0.494 e. The monoisotopic (exact) mass is 1040 g/mol. The molecule has 7 atom stereocenters. The van der Waals surface area contributed by atoms with Crippen LogP contribution >= 0.6 is 21.6 Å². The van der Waals surface area contributed by atoms with E-state index in [2.05, 4.69) is 42.2 Å². The number of aliphatic imine (C=N–C) groups is 1. The molecule has 1 saturated heterocycles. The third-order valence-electron chi connectivity index (χ3n) is 10.6. The Morgan fingerprint density at radius 1 is 0.817 bits per heavy atom. The van der Waals surface area contributed by atoms with Crippen LogP contribution in [0.2, 0.25) is 0 Å². The predicted molar refractivity (Wildman–Crippen MR) is 264 cm³/mol. The molecule has 2 rings (SSSR count). The number of hydrogen-bond acceptors (Lipinski definition) is 15. The van der Waals surface area contributed by atoms with Crippen molar-refractivity contribution < 1.29 is 57.5 Å². The molecule has 26 nitrogen and oxygen atoms in total. The number of ether oxygens (including phenoxy) is 1. The molecule has 1 heterocycles. The number of hydrogen-bond donors (Lipinski definition) is 12. The maximum Gasteiger partial charge on any atom is 0.246 e. The summed E-state index contributed by atoms with van der Waals surface area (Å²) in [6, 6.07) is -1.63. The predicted octanol–water partition coefficient (Wildman–Crippen LogP) is -4.38. The number of nitrogens with one attached hydrogen (secondary N) is 7. The summed E-state index contributed by atoms with van der Waals surface area (Å²) in [5.74, 6) is -9.67. The SMILES string of the molecule is CCOc1ccc(CC2NC(=O)CCSSCC(C(=O)N(C)CC(=O)N[C@@H](CCCN=C(N)N)C(=O)NCC(N)=O)NC(=O)[C@H](CC(N)=O)NC(=O)[C@H](CCC(N)=O)NC(=O)C([C@@H](C)CC)NC2=O)cc1. The smallest absolute Gasteiger partial charge is 0.246 e. The molecular weight excluding hydrogens is 969 g/mol. The van der Waals surface area contributed by atoms with Gasteiger partial charge in [0.05, 0.1) is 26.1 Å². The second kappa shape index (κ2) is 31.4. The number of guanidine groups is 1. The zero-order valence-electron chi connectivity index (χ0n) is 40.2. The van der Waals surface area contributed by atoms with Crippen LogP contribution in [-0.2, 0) is 59.2 Å². The first-order valence-corrected chi connectivity index (χ1v) is 25.2. The van der Waals surface area contributed by atoms with Crippen LogP contribution in [0.5, 0.6) is 5.75 Å². The Morgan fingerprint density at radius 2 is 1.46 bits per heavy atom. The Morgan fingerprint density at radius 3 is 2.07 bits per heavy atom. The van der Waals surface area contributed by atoms with Gasteiger partial charge in [-0.2, -0.15) is 0 Å². The van der Waals surface area contributed by atoms with Gasteiger partial charge in [0.15, 0.2) is 5.96 Å². The minimum absolute atomic E-state index is 0.00319. The Hall–Kier alpha value is -6.84. The van der Waals surface area contributed by atoms with E-state index in [0.29, 0.717) is 24.3 Å². The average molecular weight is 1040 g/mol. The third-order valence-corrected chi connectivity index (χ3v) is 13.0. The first kappa shape index (κ1) is 60.3. The summed E-state index contributed by atoms with van der Waals surface area (Å²) in [7, 11) is 3.41. The zero-order chi connectivity index (χ0) is 53.2. The molecule has 11 amide bonds. The topological polar surface area (TPSA) is 427 Å². The van der Waals surface area contributed by atoms with Crippen LogP contribution in [0.4, 0.5) is 0 Å². The van der Waals surface area contributed by atoms with Gasteiger partial charge < -0.3 is 75.5 Å². The van der Waals surface area contributed by atoms with Crippen LogP contribution in [0.15, 0.2) is 29.3 Å². The van der Waals surface area contributed by atoms with Crippen molar-refractivity contribution in [3.63, 3.8) is 0 Å². The number of amides is 11. The molecule has 71 heavy (non-hydrogen) atoms. The summed E-state index contributed by atoms with van der Waals surface area (Å²) < 4.78 is 5.53. The van der Waals surface area contributed by atoms with Gasteiger partial charge in [-0.05, 0) is 49.8 Å². The van der Waals surface area contributed by atoms with E-state index in [4.69, 9.17) is 33.4 Å². The Kier molecular flexibility index (Phi) is 26.7. The summed E-state index contributed by atoms with van der Waals surface area (Å²) >= 11 is 0. The molecule has 1 fully saturated rings. The Labute approximate surface area is 419 Å². The molecule has 3 unspecified atom stereocenters. The van der Waals surface area contributed by atoms with E-state index in [9.17, 15) is 52.7 Å². The third kappa shape index (κ3) is 23.1. The van der Waals surface area contributed by atoms with Crippen molar-refractivity contribution >= 4 is 92.5 Å².